The molecule has 3 heteroatoms. The highest BCUT2D eigenvalue weighted by molar-refractivity contribution is 5.91. The van der Waals surface area contributed by atoms with Crippen LogP contribution in [0.3, 0.4) is 0 Å². The summed E-state index contributed by atoms with van der Waals surface area (Å²) in [6.07, 6.45) is 1.94. The second-order valence-corrected chi connectivity index (χ2v) is 5.66. The molecule has 3 nitrogen and oxygen atoms in total. The Morgan fingerprint density at radius 3 is 2.57 bits per heavy atom. The fourth-order valence-electron chi connectivity index (χ4n) is 3.11. The third kappa shape index (κ3) is 2.59. The summed E-state index contributed by atoms with van der Waals surface area (Å²) in [6, 6.07) is 18.8. The summed E-state index contributed by atoms with van der Waals surface area (Å²) < 4.78 is 16.3. The number of hydrogen-bond acceptors (Lipinski definition) is 3. The quantitative estimate of drug-likeness (QED) is 0.716. The number of rotatable bonds is 4. The Bertz CT molecular complexity index is 855. The van der Waals surface area contributed by atoms with Crippen molar-refractivity contribution in [2.75, 3.05) is 13.9 Å². The fourth-order valence-corrected chi connectivity index (χ4v) is 3.11. The second kappa shape index (κ2) is 5.84. The molecule has 1 aliphatic rings. The molecule has 0 aliphatic carbocycles. The van der Waals surface area contributed by atoms with Gasteiger partial charge in [0.2, 0.25) is 6.79 Å². The van der Waals surface area contributed by atoms with E-state index >= 15 is 0 Å². The van der Waals surface area contributed by atoms with Gasteiger partial charge in [0.25, 0.3) is 0 Å². The minimum Gasteiger partial charge on any atom is -0.496 e. The number of fused-ring (bicyclic) bond motifs is 2. The Kier molecular flexibility index (Phi) is 3.54. The van der Waals surface area contributed by atoms with E-state index in [0.29, 0.717) is 6.79 Å². The van der Waals surface area contributed by atoms with Crippen LogP contribution >= 0.6 is 0 Å². The number of ether oxygens (including phenoxy) is 3. The lowest BCUT2D eigenvalue weighted by Crippen LogP contribution is -1.95. The van der Waals surface area contributed by atoms with Crippen LogP contribution < -0.4 is 14.2 Å². The van der Waals surface area contributed by atoms with E-state index in [1.54, 1.807) is 7.11 Å². The summed E-state index contributed by atoms with van der Waals surface area (Å²) in [7, 11) is 1.72. The monoisotopic (exact) mass is 306 g/mol. The average Bonchev–Trinajstić information content (AvgIpc) is 3.07. The van der Waals surface area contributed by atoms with E-state index < -0.39 is 0 Å². The van der Waals surface area contributed by atoms with Gasteiger partial charge in [-0.15, -0.1) is 0 Å². The zero-order valence-electron chi connectivity index (χ0n) is 13.0. The first-order valence-electron chi connectivity index (χ1n) is 7.78. The van der Waals surface area contributed by atoms with Gasteiger partial charge in [-0.3, -0.25) is 0 Å². The molecular formula is C20H18O3. The van der Waals surface area contributed by atoms with Gasteiger partial charge in [0.05, 0.1) is 7.11 Å². The highest BCUT2D eigenvalue weighted by Gasteiger charge is 2.13. The molecule has 1 aliphatic heterocycles. The summed E-state index contributed by atoms with van der Waals surface area (Å²) in [4.78, 5) is 0. The summed E-state index contributed by atoms with van der Waals surface area (Å²) in [5.74, 6) is 2.61. The molecule has 116 valence electrons. The van der Waals surface area contributed by atoms with E-state index in [4.69, 9.17) is 14.2 Å². The first-order chi connectivity index (χ1) is 11.3. The lowest BCUT2D eigenvalue weighted by molar-refractivity contribution is 0.174. The van der Waals surface area contributed by atoms with Crippen molar-refractivity contribution >= 4 is 10.8 Å². The third-order valence-corrected chi connectivity index (χ3v) is 4.31. The Hall–Kier alpha value is -2.68. The number of hydrogen-bond donors (Lipinski definition) is 0. The molecule has 0 saturated carbocycles. The van der Waals surface area contributed by atoms with E-state index in [1.807, 2.05) is 12.1 Å². The molecule has 0 spiro atoms. The van der Waals surface area contributed by atoms with Crippen LogP contribution in [0.5, 0.6) is 17.2 Å². The molecule has 0 radical (unpaired) electrons. The van der Waals surface area contributed by atoms with Crippen molar-refractivity contribution in [1.82, 2.24) is 0 Å². The van der Waals surface area contributed by atoms with Crippen molar-refractivity contribution in [3.8, 4) is 17.2 Å². The molecule has 23 heavy (non-hydrogen) atoms. The van der Waals surface area contributed by atoms with Gasteiger partial charge in [0, 0.05) is 5.39 Å². The summed E-state index contributed by atoms with van der Waals surface area (Å²) >= 11 is 0. The van der Waals surface area contributed by atoms with Crippen molar-refractivity contribution in [3.05, 3.63) is 65.7 Å². The van der Waals surface area contributed by atoms with Gasteiger partial charge in [-0.05, 0) is 47.6 Å². The molecule has 0 saturated heterocycles. The van der Waals surface area contributed by atoms with E-state index in [9.17, 15) is 0 Å². The number of aryl methyl sites for hydroxylation is 2. The summed E-state index contributed by atoms with van der Waals surface area (Å²) in [5.41, 5.74) is 2.59. The van der Waals surface area contributed by atoms with Gasteiger partial charge < -0.3 is 14.2 Å². The van der Waals surface area contributed by atoms with Crippen LogP contribution in [0.4, 0.5) is 0 Å². The van der Waals surface area contributed by atoms with Crippen molar-refractivity contribution in [2.45, 2.75) is 12.8 Å². The smallest absolute Gasteiger partial charge is 0.231 e. The van der Waals surface area contributed by atoms with Crippen LogP contribution in [0.15, 0.2) is 54.6 Å². The molecule has 0 N–H and O–H groups in total. The highest BCUT2D eigenvalue weighted by atomic mass is 16.7. The Morgan fingerprint density at radius 1 is 0.870 bits per heavy atom. The normalized spacial score (nSPS) is 12.6. The molecule has 0 unspecified atom stereocenters. The zero-order valence-corrected chi connectivity index (χ0v) is 13.0. The lowest BCUT2D eigenvalue weighted by Gasteiger charge is -2.11. The van der Waals surface area contributed by atoms with Crippen LogP contribution in [0.25, 0.3) is 10.8 Å². The maximum Gasteiger partial charge on any atom is 0.231 e. The molecule has 3 aromatic rings. The minimum absolute atomic E-state index is 0.321. The third-order valence-electron chi connectivity index (χ3n) is 4.31. The van der Waals surface area contributed by atoms with Crippen molar-refractivity contribution < 1.29 is 14.2 Å². The van der Waals surface area contributed by atoms with E-state index in [0.717, 1.165) is 35.5 Å². The van der Waals surface area contributed by atoms with Gasteiger partial charge in [0.15, 0.2) is 11.5 Å². The fraction of sp³-hybridized carbons (Fsp3) is 0.200. The SMILES string of the molecule is COc1ccc(CCc2ccc3c(c2)OCO3)c2ccccc12. The predicted molar refractivity (Wildman–Crippen MR) is 90.5 cm³/mol. The molecule has 0 atom stereocenters. The first kappa shape index (κ1) is 13.9. The zero-order chi connectivity index (χ0) is 15.6. The topological polar surface area (TPSA) is 27.7 Å². The highest BCUT2D eigenvalue weighted by Crippen LogP contribution is 2.33. The summed E-state index contributed by atoms with van der Waals surface area (Å²) in [5, 5.41) is 2.42. The largest absolute Gasteiger partial charge is 0.496 e. The van der Waals surface area contributed by atoms with Crippen molar-refractivity contribution in [1.29, 1.82) is 0 Å². The van der Waals surface area contributed by atoms with E-state index in [-0.39, 0.29) is 0 Å². The van der Waals surface area contributed by atoms with Gasteiger partial charge >= 0.3 is 0 Å². The second-order valence-electron chi connectivity index (χ2n) is 5.66. The molecule has 0 fully saturated rings. The van der Waals surface area contributed by atoms with Crippen LogP contribution in [0.1, 0.15) is 11.1 Å². The molecule has 0 aromatic heterocycles. The molecule has 3 aromatic carbocycles. The maximum absolute atomic E-state index is 5.47. The summed E-state index contributed by atoms with van der Waals surface area (Å²) in [6.45, 7) is 0.321. The predicted octanol–water partition coefficient (Wildman–Crippen LogP) is 4.36. The molecular weight excluding hydrogens is 288 g/mol. The van der Waals surface area contributed by atoms with Crippen molar-refractivity contribution in [3.63, 3.8) is 0 Å². The van der Waals surface area contributed by atoms with Gasteiger partial charge in [0.1, 0.15) is 5.75 Å². The number of benzene rings is 3. The maximum atomic E-state index is 5.47. The van der Waals surface area contributed by atoms with Crippen LogP contribution in [-0.4, -0.2) is 13.9 Å². The molecule has 0 bridgehead atoms. The number of methoxy groups -OCH3 is 1. The Labute approximate surface area is 135 Å². The molecule has 4 rings (SSSR count). The van der Waals surface area contributed by atoms with Crippen molar-refractivity contribution in [2.24, 2.45) is 0 Å². The Balaban J connectivity index is 1.61. The Morgan fingerprint density at radius 2 is 1.70 bits per heavy atom. The molecule has 0 amide bonds. The average molecular weight is 306 g/mol. The van der Waals surface area contributed by atoms with Crippen LogP contribution in [-0.2, 0) is 12.8 Å². The van der Waals surface area contributed by atoms with Gasteiger partial charge in [-0.1, -0.05) is 36.4 Å². The standard InChI is InChI=1S/C20H18O3/c1-21-18-11-9-15(16-4-2-3-5-17(16)18)8-6-14-7-10-19-20(12-14)23-13-22-19/h2-5,7,9-12H,6,8,13H2,1H3. The first-order valence-corrected chi connectivity index (χ1v) is 7.78. The molecule has 1 heterocycles. The van der Waals surface area contributed by atoms with E-state index in [1.165, 1.54) is 16.5 Å². The minimum atomic E-state index is 0.321. The van der Waals surface area contributed by atoms with E-state index in [2.05, 4.69) is 42.5 Å². The lowest BCUT2D eigenvalue weighted by atomic mass is 9.98. The van der Waals surface area contributed by atoms with Crippen LogP contribution in [0.2, 0.25) is 0 Å². The van der Waals surface area contributed by atoms with Gasteiger partial charge in [-0.2, -0.15) is 0 Å². The van der Waals surface area contributed by atoms with Gasteiger partial charge in [-0.25, -0.2) is 0 Å². The van der Waals surface area contributed by atoms with Crippen LogP contribution in [0, 0.1) is 0 Å².